The number of nitrogens with zero attached hydrogens (tertiary/aromatic N) is 4. The number of rotatable bonds is 5. The summed E-state index contributed by atoms with van der Waals surface area (Å²) in [6.07, 6.45) is 0. The van der Waals surface area contributed by atoms with E-state index in [-0.39, 0.29) is 5.82 Å². The maximum Gasteiger partial charge on any atom is 0.162 e. The van der Waals surface area contributed by atoms with E-state index in [4.69, 9.17) is 19.4 Å². The van der Waals surface area contributed by atoms with Gasteiger partial charge < -0.3 is 19.3 Å². The molecule has 33 heavy (non-hydrogen) atoms. The van der Waals surface area contributed by atoms with Crippen LogP contribution in [-0.2, 0) is 0 Å². The second-order valence-electron chi connectivity index (χ2n) is 7.89. The first-order valence-electron chi connectivity index (χ1n) is 10.9. The summed E-state index contributed by atoms with van der Waals surface area (Å²) < 4.78 is 25.3. The predicted molar refractivity (Wildman–Crippen MR) is 129 cm³/mol. The molecule has 0 radical (unpaired) electrons. The molecule has 2 heterocycles. The Balaban J connectivity index is 1.55. The average Bonchev–Trinajstić information content (AvgIpc) is 2.88. The van der Waals surface area contributed by atoms with Gasteiger partial charge in [0, 0.05) is 43.2 Å². The highest BCUT2D eigenvalue weighted by Crippen LogP contribution is 2.37. The first-order chi connectivity index (χ1) is 16.2. The molecule has 0 atom stereocenters. The number of halogens is 1. The van der Waals surface area contributed by atoms with E-state index in [1.807, 2.05) is 54.6 Å². The molecule has 1 aliphatic heterocycles. The lowest BCUT2D eigenvalue weighted by molar-refractivity contribution is 0.356. The summed E-state index contributed by atoms with van der Waals surface area (Å²) >= 11 is 0. The van der Waals surface area contributed by atoms with Crippen LogP contribution < -0.4 is 19.3 Å². The molecule has 1 saturated heterocycles. The Hall–Kier alpha value is -3.87. The Morgan fingerprint density at radius 1 is 0.758 bits per heavy atom. The minimum atomic E-state index is -0.193. The summed E-state index contributed by atoms with van der Waals surface area (Å²) in [5, 5.41) is 0.895. The number of hydrogen-bond donors (Lipinski definition) is 0. The van der Waals surface area contributed by atoms with Gasteiger partial charge in [0.15, 0.2) is 17.3 Å². The monoisotopic (exact) mass is 444 g/mol. The topological polar surface area (TPSA) is 50.7 Å². The summed E-state index contributed by atoms with van der Waals surface area (Å²) in [5.41, 5.74) is 2.37. The van der Waals surface area contributed by atoms with Crippen molar-refractivity contribution in [1.29, 1.82) is 0 Å². The maximum absolute atomic E-state index is 14.3. The number of ether oxygens (including phenoxy) is 2. The fraction of sp³-hybridized carbons (Fsp3) is 0.231. The van der Waals surface area contributed by atoms with Crippen molar-refractivity contribution in [3.05, 3.63) is 72.5 Å². The predicted octanol–water partition coefficient (Wildman–Crippen LogP) is 4.78. The minimum absolute atomic E-state index is 0.193. The molecule has 1 fully saturated rings. The van der Waals surface area contributed by atoms with E-state index in [1.165, 1.54) is 6.07 Å². The van der Waals surface area contributed by atoms with Crippen molar-refractivity contribution in [1.82, 2.24) is 9.97 Å². The molecular weight excluding hydrogens is 419 g/mol. The molecule has 0 unspecified atom stereocenters. The Bertz CT molecular complexity index is 1270. The van der Waals surface area contributed by atoms with E-state index in [9.17, 15) is 4.39 Å². The number of hydrogen-bond acceptors (Lipinski definition) is 6. The van der Waals surface area contributed by atoms with Crippen molar-refractivity contribution < 1.29 is 13.9 Å². The van der Waals surface area contributed by atoms with Gasteiger partial charge in [-0.05, 0) is 18.2 Å². The number of methoxy groups -OCH3 is 2. The van der Waals surface area contributed by atoms with Crippen LogP contribution in [0.4, 0.5) is 15.9 Å². The van der Waals surface area contributed by atoms with Gasteiger partial charge in [0.2, 0.25) is 0 Å². The normalized spacial score (nSPS) is 13.9. The van der Waals surface area contributed by atoms with Gasteiger partial charge in [-0.25, -0.2) is 14.4 Å². The molecular formula is C26H25FN4O2. The van der Waals surface area contributed by atoms with Crippen molar-refractivity contribution >= 4 is 22.4 Å². The summed E-state index contributed by atoms with van der Waals surface area (Å²) in [6.45, 7) is 2.81. The van der Waals surface area contributed by atoms with Gasteiger partial charge in [-0.15, -0.1) is 0 Å². The minimum Gasteiger partial charge on any atom is -0.493 e. The average molecular weight is 445 g/mol. The van der Waals surface area contributed by atoms with Gasteiger partial charge in [0.1, 0.15) is 11.6 Å². The smallest absolute Gasteiger partial charge is 0.162 e. The van der Waals surface area contributed by atoms with Crippen LogP contribution in [0.2, 0.25) is 0 Å². The van der Waals surface area contributed by atoms with Crippen molar-refractivity contribution in [2.45, 2.75) is 0 Å². The molecule has 0 saturated carbocycles. The van der Waals surface area contributed by atoms with Crippen LogP contribution in [0.3, 0.4) is 0 Å². The molecule has 168 valence electrons. The molecule has 4 aromatic rings. The van der Waals surface area contributed by atoms with E-state index in [1.54, 1.807) is 20.3 Å². The van der Waals surface area contributed by atoms with Crippen molar-refractivity contribution in [3.63, 3.8) is 0 Å². The lowest BCUT2D eigenvalue weighted by Crippen LogP contribution is -2.47. The van der Waals surface area contributed by atoms with Gasteiger partial charge in [-0.1, -0.05) is 42.5 Å². The van der Waals surface area contributed by atoms with E-state index in [0.717, 1.165) is 22.3 Å². The largest absolute Gasteiger partial charge is 0.493 e. The molecule has 0 spiro atoms. The first-order valence-corrected chi connectivity index (χ1v) is 10.9. The third-order valence-electron chi connectivity index (χ3n) is 5.99. The number of aromatic nitrogens is 2. The van der Waals surface area contributed by atoms with Gasteiger partial charge >= 0.3 is 0 Å². The van der Waals surface area contributed by atoms with Gasteiger partial charge in [0.05, 0.1) is 25.4 Å². The standard InChI is InChI=1S/C26H25FN4O2/c1-32-23-16-19-21(17-24(23)33-2)28-25(18-8-4-3-5-9-18)29-26(19)31-14-12-30(13-15-31)22-11-7-6-10-20(22)27/h3-11,16-17H,12-15H2,1-2H3. The van der Waals surface area contributed by atoms with E-state index >= 15 is 0 Å². The molecule has 1 aliphatic rings. The highest BCUT2D eigenvalue weighted by Gasteiger charge is 2.24. The van der Waals surface area contributed by atoms with Crippen molar-refractivity contribution in [2.75, 3.05) is 50.2 Å². The molecule has 0 amide bonds. The Morgan fingerprint density at radius 2 is 1.39 bits per heavy atom. The van der Waals surface area contributed by atoms with E-state index < -0.39 is 0 Å². The molecule has 0 aliphatic carbocycles. The van der Waals surface area contributed by atoms with Gasteiger partial charge in [0.25, 0.3) is 0 Å². The molecule has 0 bridgehead atoms. The second-order valence-corrected chi connectivity index (χ2v) is 7.89. The van der Waals surface area contributed by atoms with Crippen LogP contribution in [0.25, 0.3) is 22.3 Å². The van der Waals surface area contributed by atoms with Gasteiger partial charge in [-0.3, -0.25) is 0 Å². The van der Waals surface area contributed by atoms with E-state index in [2.05, 4.69) is 9.80 Å². The number of benzene rings is 3. The third-order valence-corrected chi connectivity index (χ3v) is 5.99. The number of anilines is 2. The van der Waals surface area contributed by atoms with Crippen LogP contribution in [0, 0.1) is 5.82 Å². The Labute approximate surface area is 192 Å². The summed E-state index contributed by atoms with van der Waals surface area (Å²) in [5.74, 6) is 2.56. The molecule has 7 heteroatoms. The zero-order valence-corrected chi connectivity index (χ0v) is 18.7. The zero-order chi connectivity index (χ0) is 22.8. The first kappa shape index (κ1) is 21.0. The molecule has 3 aromatic carbocycles. The summed E-state index contributed by atoms with van der Waals surface area (Å²) in [7, 11) is 3.24. The molecule has 0 N–H and O–H groups in total. The van der Waals surface area contributed by atoms with Crippen LogP contribution in [0.1, 0.15) is 0 Å². The van der Waals surface area contributed by atoms with Crippen LogP contribution in [-0.4, -0.2) is 50.4 Å². The molecule has 5 rings (SSSR count). The zero-order valence-electron chi connectivity index (χ0n) is 18.7. The van der Waals surface area contributed by atoms with Crippen molar-refractivity contribution in [3.8, 4) is 22.9 Å². The maximum atomic E-state index is 14.3. The van der Waals surface area contributed by atoms with Crippen LogP contribution in [0.15, 0.2) is 66.7 Å². The fourth-order valence-electron chi connectivity index (χ4n) is 4.26. The van der Waals surface area contributed by atoms with Crippen LogP contribution in [0.5, 0.6) is 11.5 Å². The summed E-state index contributed by atoms with van der Waals surface area (Å²) in [6, 6.07) is 20.7. The number of piperazine rings is 1. The van der Waals surface area contributed by atoms with Crippen molar-refractivity contribution in [2.24, 2.45) is 0 Å². The highest BCUT2D eigenvalue weighted by atomic mass is 19.1. The Morgan fingerprint density at radius 3 is 2.09 bits per heavy atom. The van der Waals surface area contributed by atoms with E-state index in [0.29, 0.717) is 49.2 Å². The number of fused-ring (bicyclic) bond motifs is 1. The third kappa shape index (κ3) is 4.02. The second kappa shape index (κ2) is 8.94. The Kier molecular flexibility index (Phi) is 5.69. The molecule has 1 aromatic heterocycles. The fourth-order valence-corrected chi connectivity index (χ4v) is 4.26. The summed E-state index contributed by atoms with van der Waals surface area (Å²) in [4.78, 5) is 14.1. The SMILES string of the molecule is COc1cc2nc(-c3ccccc3)nc(N3CCN(c4ccccc4F)CC3)c2cc1OC. The highest BCUT2D eigenvalue weighted by molar-refractivity contribution is 5.93. The lowest BCUT2D eigenvalue weighted by atomic mass is 10.1. The van der Waals surface area contributed by atoms with Gasteiger partial charge in [-0.2, -0.15) is 0 Å². The quantitative estimate of drug-likeness (QED) is 0.442. The molecule has 6 nitrogen and oxygen atoms in total. The van der Waals surface area contributed by atoms with Crippen LogP contribution >= 0.6 is 0 Å². The lowest BCUT2D eigenvalue weighted by Gasteiger charge is -2.37. The number of para-hydroxylation sites is 1.